The van der Waals surface area contributed by atoms with Crippen LogP contribution in [0.25, 0.3) is 0 Å². The van der Waals surface area contributed by atoms with E-state index in [1.807, 2.05) is 0 Å². The lowest BCUT2D eigenvalue weighted by atomic mass is 9.77. The lowest BCUT2D eigenvalue weighted by Crippen LogP contribution is -2.15. The lowest BCUT2D eigenvalue weighted by Gasteiger charge is -2.28. The standard InChI is InChI=1S/C21H38/c1-3-5-7-19-10-14-21(15-11-19)17-16-20-12-8-18(6-4-2)9-13-20/h16-21H,3-15H2,1-2H3. The smallest absolute Gasteiger partial charge is 0.0233 e. The minimum Gasteiger partial charge on any atom is -0.0851 e. The molecule has 0 N–H and O–H groups in total. The molecule has 0 aromatic rings. The van der Waals surface area contributed by atoms with Gasteiger partial charge in [0.1, 0.15) is 0 Å². The molecule has 0 atom stereocenters. The second-order valence-corrected chi connectivity index (χ2v) is 7.88. The van der Waals surface area contributed by atoms with Crippen LogP contribution in [0, 0.1) is 23.7 Å². The molecule has 2 rings (SSSR count). The van der Waals surface area contributed by atoms with E-state index in [0.717, 1.165) is 23.7 Å². The highest BCUT2D eigenvalue weighted by atomic mass is 14.3. The summed E-state index contributed by atoms with van der Waals surface area (Å²) in [6, 6.07) is 0. The second-order valence-electron chi connectivity index (χ2n) is 7.88. The minimum absolute atomic E-state index is 0.913. The zero-order valence-corrected chi connectivity index (χ0v) is 14.7. The highest BCUT2D eigenvalue weighted by Crippen LogP contribution is 2.35. The maximum absolute atomic E-state index is 2.61. The molecular formula is C21H38. The van der Waals surface area contributed by atoms with Gasteiger partial charge in [-0.25, -0.2) is 0 Å². The molecule has 2 aliphatic carbocycles. The van der Waals surface area contributed by atoms with Gasteiger partial charge in [-0.2, -0.15) is 0 Å². The Morgan fingerprint density at radius 2 is 1.10 bits per heavy atom. The summed E-state index contributed by atoms with van der Waals surface area (Å²) < 4.78 is 0. The van der Waals surface area contributed by atoms with Crippen LogP contribution in [0.5, 0.6) is 0 Å². The molecule has 0 saturated heterocycles. The van der Waals surface area contributed by atoms with Gasteiger partial charge in [-0.05, 0) is 75.0 Å². The maximum Gasteiger partial charge on any atom is -0.0233 e. The van der Waals surface area contributed by atoms with E-state index >= 15 is 0 Å². The van der Waals surface area contributed by atoms with E-state index in [1.165, 1.54) is 83.5 Å². The van der Waals surface area contributed by atoms with Gasteiger partial charge in [0.15, 0.2) is 0 Å². The van der Waals surface area contributed by atoms with E-state index in [2.05, 4.69) is 26.0 Å². The van der Waals surface area contributed by atoms with Crippen LogP contribution in [0.2, 0.25) is 0 Å². The first kappa shape index (κ1) is 17.1. The van der Waals surface area contributed by atoms with Crippen LogP contribution in [-0.4, -0.2) is 0 Å². The summed E-state index contributed by atoms with van der Waals surface area (Å²) in [4.78, 5) is 0. The molecule has 0 aromatic heterocycles. The molecule has 0 bridgehead atoms. The summed E-state index contributed by atoms with van der Waals surface area (Å²) in [5, 5.41) is 0. The Bertz CT molecular complexity index is 274. The van der Waals surface area contributed by atoms with Crippen molar-refractivity contribution in [3.05, 3.63) is 12.2 Å². The number of hydrogen-bond acceptors (Lipinski definition) is 0. The topological polar surface area (TPSA) is 0 Å². The zero-order chi connectivity index (χ0) is 14.9. The van der Waals surface area contributed by atoms with E-state index in [-0.39, 0.29) is 0 Å². The molecule has 0 aliphatic heterocycles. The van der Waals surface area contributed by atoms with Gasteiger partial charge in [0.2, 0.25) is 0 Å². The van der Waals surface area contributed by atoms with Gasteiger partial charge >= 0.3 is 0 Å². The van der Waals surface area contributed by atoms with Crippen molar-refractivity contribution in [2.45, 2.75) is 97.3 Å². The summed E-state index contributed by atoms with van der Waals surface area (Å²) >= 11 is 0. The number of allylic oxidation sites excluding steroid dienone is 2. The van der Waals surface area contributed by atoms with Gasteiger partial charge < -0.3 is 0 Å². The third-order valence-electron chi connectivity index (χ3n) is 6.10. The average Bonchev–Trinajstić information content (AvgIpc) is 2.53. The average molecular weight is 291 g/mol. The molecule has 0 heterocycles. The van der Waals surface area contributed by atoms with E-state index in [0.29, 0.717) is 0 Å². The quantitative estimate of drug-likeness (QED) is 0.437. The molecule has 21 heavy (non-hydrogen) atoms. The molecule has 0 heteroatoms. The predicted octanol–water partition coefficient (Wildman–Crippen LogP) is 7.15. The monoisotopic (exact) mass is 290 g/mol. The predicted molar refractivity (Wildman–Crippen MR) is 94.5 cm³/mol. The molecular weight excluding hydrogens is 252 g/mol. The summed E-state index contributed by atoms with van der Waals surface area (Å²) in [5.74, 6) is 3.93. The molecule has 0 unspecified atom stereocenters. The maximum atomic E-state index is 2.61. The van der Waals surface area contributed by atoms with Crippen molar-refractivity contribution >= 4 is 0 Å². The molecule has 122 valence electrons. The molecule has 2 saturated carbocycles. The largest absolute Gasteiger partial charge is 0.0851 e. The van der Waals surface area contributed by atoms with Gasteiger partial charge in [0.25, 0.3) is 0 Å². The molecule has 2 aliphatic rings. The third kappa shape index (κ3) is 6.17. The van der Waals surface area contributed by atoms with Gasteiger partial charge in [0, 0.05) is 0 Å². The Hall–Kier alpha value is -0.260. The van der Waals surface area contributed by atoms with Crippen LogP contribution in [0.1, 0.15) is 97.3 Å². The van der Waals surface area contributed by atoms with Gasteiger partial charge in [-0.15, -0.1) is 0 Å². The summed E-state index contributed by atoms with van der Waals surface area (Å²) in [5.41, 5.74) is 0. The highest BCUT2D eigenvalue weighted by molar-refractivity contribution is 4.96. The van der Waals surface area contributed by atoms with Crippen molar-refractivity contribution in [2.24, 2.45) is 23.7 Å². The Morgan fingerprint density at radius 3 is 1.52 bits per heavy atom. The van der Waals surface area contributed by atoms with Crippen molar-refractivity contribution in [2.75, 3.05) is 0 Å². The van der Waals surface area contributed by atoms with Gasteiger partial charge in [-0.1, -0.05) is 58.1 Å². The second kappa shape index (κ2) is 9.70. The third-order valence-corrected chi connectivity index (χ3v) is 6.10. The van der Waals surface area contributed by atoms with Crippen LogP contribution < -0.4 is 0 Å². The fraction of sp³-hybridized carbons (Fsp3) is 0.905. The van der Waals surface area contributed by atoms with E-state index < -0.39 is 0 Å². The Kier molecular flexibility index (Phi) is 7.89. The lowest BCUT2D eigenvalue weighted by molar-refractivity contribution is 0.282. The molecule has 0 aromatic carbocycles. The minimum atomic E-state index is 0.913. The molecule has 0 spiro atoms. The number of rotatable bonds is 7. The van der Waals surface area contributed by atoms with Crippen molar-refractivity contribution in [1.82, 2.24) is 0 Å². The van der Waals surface area contributed by atoms with Crippen LogP contribution >= 0.6 is 0 Å². The first-order chi connectivity index (χ1) is 10.3. The van der Waals surface area contributed by atoms with Crippen molar-refractivity contribution in [3.63, 3.8) is 0 Å². The molecule has 0 radical (unpaired) electrons. The Morgan fingerprint density at radius 1 is 0.619 bits per heavy atom. The zero-order valence-electron chi connectivity index (χ0n) is 14.7. The summed E-state index contributed by atoms with van der Waals surface area (Å²) in [7, 11) is 0. The summed E-state index contributed by atoms with van der Waals surface area (Å²) in [6.45, 7) is 4.66. The van der Waals surface area contributed by atoms with Crippen molar-refractivity contribution in [1.29, 1.82) is 0 Å². The molecule has 0 nitrogen and oxygen atoms in total. The van der Waals surface area contributed by atoms with E-state index in [1.54, 1.807) is 0 Å². The first-order valence-electron chi connectivity index (χ1n) is 10.00. The fourth-order valence-electron chi connectivity index (χ4n) is 4.55. The highest BCUT2D eigenvalue weighted by Gasteiger charge is 2.21. The van der Waals surface area contributed by atoms with Crippen LogP contribution in [0.15, 0.2) is 12.2 Å². The van der Waals surface area contributed by atoms with Crippen LogP contribution in [0.3, 0.4) is 0 Å². The van der Waals surface area contributed by atoms with Crippen molar-refractivity contribution in [3.8, 4) is 0 Å². The first-order valence-corrected chi connectivity index (χ1v) is 10.00. The SMILES string of the molecule is CCCCC1CCC(C=CC2CCC(CCC)CC2)CC1. The molecule has 2 fully saturated rings. The van der Waals surface area contributed by atoms with Crippen LogP contribution in [-0.2, 0) is 0 Å². The van der Waals surface area contributed by atoms with E-state index in [9.17, 15) is 0 Å². The molecule has 0 amide bonds. The van der Waals surface area contributed by atoms with Crippen molar-refractivity contribution < 1.29 is 0 Å². The van der Waals surface area contributed by atoms with Crippen LogP contribution in [0.4, 0.5) is 0 Å². The number of unbranched alkanes of at least 4 members (excludes halogenated alkanes) is 1. The Balaban J connectivity index is 1.62. The van der Waals surface area contributed by atoms with E-state index in [4.69, 9.17) is 0 Å². The fourth-order valence-corrected chi connectivity index (χ4v) is 4.55. The van der Waals surface area contributed by atoms with Gasteiger partial charge in [0.05, 0.1) is 0 Å². The van der Waals surface area contributed by atoms with Gasteiger partial charge in [-0.3, -0.25) is 0 Å². The normalized spacial score (nSPS) is 34.4. The Labute approximate surface area is 133 Å². The summed E-state index contributed by atoms with van der Waals surface area (Å²) in [6.07, 6.45) is 24.2. The number of hydrogen-bond donors (Lipinski definition) is 0.